The Labute approximate surface area is 90.1 Å². The number of aromatic nitrogens is 1. The largest absolute Gasteiger partial charge is 0.489 e. The minimum atomic E-state index is -0.268. The number of hydrogen-bond donors (Lipinski definition) is 2. The van der Waals surface area contributed by atoms with Gasteiger partial charge in [-0.15, -0.1) is 0 Å². The van der Waals surface area contributed by atoms with Crippen molar-refractivity contribution < 1.29 is 9.84 Å². The summed E-state index contributed by atoms with van der Waals surface area (Å²) in [6.07, 6.45) is 1.69. The molecule has 0 unspecified atom stereocenters. The zero-order valence-electron chi connectivity index (χ0n) is 9.45. The number of aliphatic hydroxyl groups is 1. The summed E-state index contributed by atoms with van der Waals surface area (Å²) in [4.78, 5) is 4.00. The van der Waals surface area contributed by atoms with Crippen LogP contribution in [0.15, 0.2) is 12.3 Å². The van der Waals surface area contributed by atoms with E-state index in [9.17, 15) is 0 Å². The maximum atomic E-state index is 9.07. The van der Waals surface area contributed by atoms with Crippen LogP contribution in [0.5, 0.6) is 5.75 Å². The Bertz CT molecular complexity index is 337. The third-order valence-electron chi connectivity index (χ3n) is 2.06. The fraction of sp³-hybridized carbons (Fsp3) is 0.545. The molecule has 0 aliphatic heterocycles. The first-order chi connectivity index (χ1) is 6.94. The van der Waals surface area contributed by atoms with Crippen LogP contribution >= 0.6 is 0 Å². The average Bonchev–Trinajstić information content (AvgIpc) is 2.20. The van der Waals surface area contributed by atoms with Crippen LogP contribution in [0.25, 0.3) is 0 Å². The average molecular weight is 210 g/mol. The van der Waals surface area contributed by atoms with Gasteiger partial charge in [-0.25, -0.2) is 4.98 Å². The van der Waals surface area contributed by atoms with E-state index in [1.807, 2.05) is 26.8 Å². The number of aliphatic hydroxyl groups excluding tert-OH is 1. The van der Waals surface area contributed by atoms with Gasteiger partial charge in [-0.3, -0.25) is 0 Å². The number of rotatable bonds is 4. The molecule has 0 amide bonds. The first-order valence-electron chi connectivity index (χ1n) is 4.90. The lowest BCUT2D eigenvalue weighted by Gasteiger charge is -2.22. The van der Waals surface area contributed by atoms with E-state index in [0.717, 1.165) is 5.56 Å². The van der Waals surface area contributed by atoms with E-state index in [1.165, 1.54) is 0 Å². The highest BCUT2D eigenvalue weighted by atomic mass is 16.5. The Kier molecular flexibility index (Phi) is 3.52. The van der Waals surface area contributed by atoms with Crippen molar-refractivity contribution in [1.29, 1.82) is 0 Å². The molecule has 1 aromatic rings. The molecule has 0 saturated carbocycles. The van der Waals surface area contributed by atoms with Crippen LogP contribution < -0.4 is 10.5 Å². The molecule has 3 N–H and O–H groups in total. The van der Waals surface area contributed by atoms with E-state index < -0.39 is 0 Å². The van der Waals surface area contributed by atoms with Crippen LogP contribution in [0.2, 0.25) is 0 Å². The molecule has 0 bridgehead atoms. The van der Waals surface area contributed by atoms with Crippen molar-refractivity contribution in [2.75, 3.05) is 18.9 Å². The second-order valence-electron chi connectivity index (χ2n) is 4.51. The molecule has 1 aromatic heterocycles. The molecule has 0 saturated heterocycles. The summed E-state index contributed by atoms with van der Waals surface area (Å²) < 4.78 is 5.53. The van der Waals surface area contributed by atoms with Crippen LogP contribution in [-0.4, -0.2) is 23.3 Å². The number of nitrogen functional groups attached to an aromatic ring is 1. The second-order valence-corrected chi connectivity index (χ2v) is 4.51. The lowest BCUT2D eigenvalue weighted by molar-refractivity contribution is 0.0977. The summed E-state index contributed by atoms with van der Waals surface area (Å²) in [6, 6.07) is 1.84. The number of aryl methyl sites for hydroxylation is 1. The highest BCUT2D eigenvalue weighted by Gasteiger charge is 2.18. The summed E-state index contributed by atoms with van der Waals surface area (Å²) in [5, 5.41) is 9.07. The van der Waals surface area contributed by atoms with E-state index >= 15 is 0 Å². The van der Waals surface area contributed by atoms with Crippen molar-refractivity contribution in [3.05, 3.63) is 17.8 Å². The standard InChI is InChI=1S/C11H18N2O2/c1-8-4-9(10(12)13-5-8)15-7-11(2,3)6-14/h4-5,14H,6-7H2,1-3H3,(H2,12,13). The molecular formula is C11H18N2O2. The van der Waals surface area contributed by atoms with Crippen LogP contribution in [0, 0.1) is 12.3 Å². The van der Waals surface area contributed by atoms with Gasteiger partial charge in [-0.2, -0.15) is 0 Å². The second kappa shape index (κ2) is 4.49. The Balaban J connectivity index is 2.69. The molecule has 0 radical (unpaired) electrons. The van der Waals surface area contributed by atoms with E-state index in [2.05, 4.69) is 4.98 Å². The fourth-order valence-corrected chi connectivity index (χ4v) is 0.987. The van der Waals surface area contributed by atoms with Crippen molar-refractivity contribution >= 4 is 5.82 Å². The molecule has 4 nitrogen and oxygen atoms in total. The third-order valence-corrected chi connectivity index (χ3v) is 2.06. The topological polar surface area (TPSA) is 68.4 Å². The number of nitrogens with zero attached hydrogens (tertiary/aromatic N) is 1. The van der Waals surface area contributed by atoms with Gasteiger partial charge in [0, 0.05) is 11.6 Å². The lowest BCUT2D eigenvalue weighted by atomic mass is 9.96. The molecule has 1 rings (SSSR count). The number of ether oxygens (including phenoxy) is 1. The maximum Gasteiger partial charge on any atom is 0.166 e. The summed E-state index contributed by atoms with van der Waals surface area (Å²) in [7, 11) is 0. The Morgan fingerprint density at radius 2 is 2.20 bits per heavy atom. The molecule has 84 valence electrons. The predicted octanol–water partition coefficient (Wildman–Crippen LogP) is 1.37. The Morgan fingerprint density at radius 1 is 1.53 bits per heavy atom. The van der Waals surface area contributed by atoms with Crippen LogP contribution in [0.3, 0.4) is 0 Å². The molecule has 1 heterocycles. The molecule has 0 atom stereocenters. The SMILES string of the molecule is Cc1cnc(N)c(OCC(C)(C)CO)c1. The van der Waals surface area contributed by atoms with Gasteiger partial charge in [0.2, 0.25) is 0 Å². The fourth-order valence-electron chi connectivity index (χ4n) is 0.987. The van der Waals surface area contributed by atoms with E-state index in [1.54, 1.807) is 6.20 Å². The van der Waals surface area contributed by atoms with Crippen LogP contribution in [0.1, 0.15) is 19.4 Å². The van der Waals surface area contributed by atoms with Gasteiger partial charge >= 0.3 is 0 Å². The molecule has 0 aromatic carbocycles. The number of hydrogen-bond acceptors (Lipinski definition) is 4. The normalized spacial score (nSPS) is 11.5. The number of nitrogens with two attached hydrogens (primary N) is 1. The smallest absolute Gasteiger partial charge is 0.166 e. The Hall–Kier alpha value is -1.29. The van der Waals surface area contributed by atoms with Gasteiger partial charge in [0.25, 0.3) is 0 Å². The van der Waals surface area contributed by atoms with E-state index in [4.69, 9.17) is 15.6 Å². The van der Waals surface area contributed by atoms with Crippen molar-refractivity contribution in [3.8, 4) is 5.75 Å². The van der Waals surface area contributed by atoms with Crippen LogP contribution in [-0.2, 0) is 0 Å². The maximum absolute atomic E-state index is 9.07. The van der Waals surface area contributed by atoms with Gasteiger partial charge in [0.05, 0.1) is 13.2 Å². The number of pyridine rings is 1. The molecule has 15 heavy (non-hydrogen) atoms. The van der Waals surface area contributed by atoms with Gasteiger partial charge in [-0.05, 0) is 18.6 Å². The molecule has 4 heteroatoms. The highest BCUT2D eigenvalue weighted by Crippen LogP contribution is 2.22. The van der Waals surface area contributed by atoms with Crippen molar-refractivity contribution in [3.63, 3.8) is 0 Å². The van der Waals surface area contributed by atoms with E-state index in [-0.39, 0.29) is 12.0 Å². The third kappa shape index (κ3) is 3.40. The summed E-state index contributed by atoms with van der Waals surface area (Å²) in [5.41, 5.74) is 6.39. The minimum Gasteiger partial charge on any atom is -0.489 e. The van der Waals surface area contributed by atoms with Gasteiger partial charge < -0.3 is 15.6 Å². The summed E-state index contributed by atoms with van der Waals surface area (Å²) in [5.74, 6) is 0.964. The van der Waals surface area contributed by atoms with Crippen molar-refractivity contribution in [2.24, 2.45) is 5.41 Å². The highest BCUT2D eigenvalue weighted by molar-refractivity contribution is 5.46. The summed E-state index contributed by atoms with van der Waals surface area (Å²) in [6.45, 7) is 6.26. The molecule has 0 fully saturated rings. The lowest BCUT2D eigenvalue weighted by Crippen LogP contribution is -2.25. The monoisotopic (exact) mass is 210 g/mol. The molecule has 0 spiro atoms. The molecule has 0 aliphatic carbocycles. The van der Waals surface area contributed by atoms with Crippen molar-refractivity contribution in [1.82, 2.24) is 4.98 Å². The van der Waals surface area contributed by atoms with Crippen molar-refractivity contribution in [2.45, 2.75) is 20.8 Å². The molecular weight excluding hydrogens is 192 g/mol. The zero-order chi connectivity index (χ0) is 11.5. The van der Waals surface area contributed by atoms with Gasteiger partial charge in [-0.1, -0.05) is 13.8 Å². The van der Waals surface area contributed by atoms with Gasteiger partial charge in [0.15, 0.2) is 11.6 Å². The number of anilines is 1. The predicted molar refractivity (Wildman–Crippen MR) is 59.7 cm³/mol. The first kappa shape index (κ1) is 11.8. The quantitative estimate of drug-likeness (QED) is 0.787. The molecule has 0 aliphatic rings. The van der Waals surface area contributed by atoms with E-state index in [0.29, 0.717) is 18.2 Å². The van der Waals surface area contributed by atoms with Gasteiger partial charge in [0.1, 0.15) is 0 Å². The summed E-state index contributed by atoms with van der Waals surface area (Å²) >= 11 is 0. The minimum absolute atomic E-state index is 0.0755. The zero-order valence-corrected chi connectivity index (χ0v) is 9.45. The first-order valence-corrected chi connectivity index (χ1v) is 4.90. The van der Waals surface area contributed by atoms with Crippen LogP contribution in [0.4, 0.5) is 5.82 Å². The Morgan fingerprint density at radius 3 is 2.80 bits per heavy atom.